The van der Waals surface area contributed by atoms with Gasteiger partial charge in [-0.15, -0.1) is 0 Å². The molecular weight excluding hydrogens is 156 g/mol. The van der Waals surface area contributed by atoms with Crippen molar-refractivity contribution in [3.63, 3.8) is 0 Å². The van der Waals surface area contributed by atoms with Crippen LogP contribution in [0.5, 0.6) is 0 Å². The largest absolute Gasteiger partial charge is 0.0998 e. The van der Waals surface area contributed by atoms with E-state index in [1.54, 1.807) is 0 Å². The van der Waals surface area contributed by atoms with E-state index >= 15 is 0 Å². The Bertz CT molecular complexity index is 298. The van der Waals surface area contributed by atoms with Crippen molar-refractivity contribution in [3.8, 4) is 0 Å². The van der Waals surface area contributed by atoms with Gasteiger partial charge in [-0.05, 0) is 25.3 Å². The second-order valence-corrected chi connectivity index (χ2v) is 3.50. The Morgan fingerprint density at radius 3 is 2.85 bits per heavy atom. The molecule has 0 radical (unpaired) electrons. The lowest BCUT2D eigenvalue weighted by molar-refractivity contribution is 1.17. The number of allylic oxidation sites excluding steroid dienone is 8. The van der Waals surface area contributed by atoms with Gasteiger partial charge in [0.2, 0.25) is 0 Å². The van der Waals surface area contributed by atoms with Crippen LogP contribution in [0.1, 0.15) is 19.8 Å². The second-order valence-electron chi connectivity index (χ2n) is 3.50. The molecule has 1 aliphatic rings. The zero-order valence-corrected chi connectivity index (χ0v) is 8.22. The molecule has 0 atom stereocenters. The fraction of sp³-hybridized carbons (Fsp3) is 0.231. The Hall–Kier alpha value is -1.30. The van der Waals surface area contributed by atoms with Crippen molar-refractivity contribution in [2.24, 2.45) is 0 Å². The monoisotopic (exact) mass is 172 g/mol. The molecule has 0 aromatic heterocycles. The summed E-state index contributed by atoms with van der Waals surface area (Å²) in [6, 6.07) is 0. The highest BCUT2D eigenvalue weighted by atomic mass is 14.0. The Morgan fingerprint density at radius 2 is 2.31 bits per heavy atom. The lowest BCUT2D eigenvalue weighted by Crippen LogP contribution is -1.78. The lowest BCUT2D eigenvalue weighted by atomic mass is 10.1. The molecule has 1 aliphatic carbocycles. The van der Waals surface area contributed by atoms with E-state index in [0.29, 0.717) is 0 Å². The average Bonchev–Trinajstić information content (AvgIpc) is 2.51. The maximum Gasteiger partial charge on any atom is -0.00784 e. The molecule has 1 rings (SSSR count). The molecule has 0 saturated carbocycles. The van der Waals surface area contributed by atoms with Crippen molar-refractivity contribution < 1.29 is 0 Å². The summed E-state index contributed by atoms with van der Waals surface area (Å²) in [4.78, 5) is 0. The molecule has 0 spiro atoms. The van der Waals surface area contributed by atoms with Crippen LogP contribution >= 0.6 is 0 Å². The van der Waals surface area contributed by atoms with Crippen LogP contribution in [0, 0.1) is 0 Å². The van der Waals surface area contributed by atoms with E-state index in [1.807, 2.05) is 6.92 Å². The first-order chi connectivity index (χ1) is 6.18. The van der Waals surface area contributed by atoms with Crippen molar-refractivity contribution in [1.29, 1.82) is 0 Å². The van der Waals surface area contributed by atoms with Crippen molar-refractivity contribution in [1.82, 2.24) is 0 Å². The zero-order valence-electron chi connectivity index (χ0n) is 8.22. The van der Waals surface area contributed by atoms with Gasteiger partial charge in [-0.1, -0.05) is 54.7 Å². The van der Waals surface area contributed by atoms with Gasteiger partial charge >= 0.3 is 0 Å². The van der Waals surface area contributed by atoms with Crippen molar-refractivity contribution >= 4 is 0 Å². The minimum Gasteiger partial charge on any atom is -0.0998 e. The molecule has 0 bridgehead atoms. The van der Waals surface area contributed by atoms with Gasteiger partial charge in [0, 0.05) is 0 Å². The van der Waals surface area contributed by atoms with Crippen LogP contribution in [0.15, 0.2) is 60.3 Å². The first-order valence-electron chi connectivity index (χ1n) is 4.54. The van der Waals surface area contributed by atoms with Crippen LogP contribution in [0.4, 0.5) is 0 Å². The number of hydrogen-bond acceptors (Lipinski definition) is 0. The summed E-state index contributed by atoms with van der Waals surface area (Å²) in [5, 5.41) is 0. The standard InChI is InChI=1S/C13H16/c1-11(2)10-12(3)8-9-13-6-4-5-7-13/h4-6,8-9H,1,3,7,10H2,2H3/b9-8+. The third kappa shape index (κ3) is 3.75. The Balaban J connectivity index is 2.39. The van der Waals surface area contributed by atoms with Crippen molar-refractivity contribution in [2.75, 3.05) is 0 Å². The molecule has 0 N–H and O–H groups in total. The van der Waals surface area contributed by atoms with Crippen molar-refractivity contribution in [3.05, 3.63) is 60.3 Å². The molecule has 0 unspecified atom stereocenters. The second kappa shape index (κ2) is 4.66. The van der Waals surface area contributed by atoms with Crippen LogP contribution in [0.25, 0.3) is 0 Å². The van der Waals surface area contributed by atoms with Gasteiger partial charge in [0.05, 0.1) is 0 Å². The van der Waals surface area contributed by atoms with Crippen LogP contribution in [-0.2, 0) is 0 Å². The highest BCUT2D eigenvalue weighted by Gasteiger charge is 1.94. The van der Waals surface area contributed by atoms with E-state index in [0.717, 1.165) is 24.0 Å². The van der Waals surface area contributed by atoms with Gasteiger partial charge in [0.15, 0.2) is 0 Å². The normalized spacial score (nSPS) is 15.0. The SMILES string of the molecule is C=C(C)CC(=C)/C=C/C1=CC=CC1. The van der Waals surface area contributed by atoms with Crippen LogP contribution in [0.3, 0.4) is 0 Å². The van der Waals surface area contributed by atoms with Gasteiger partial charge in [-0.3, -0.25) is 0 Å². The third-order valence-corrected chi connectivity index (χ3v) is 1.86. The lowest BCUT2D eigenvalue weighted by Gasteiger charge is -1.98. The smallest absolute Gasteiger partial charge is 0.00784 e. The highest BCUT2D eigenvalue weighted by Crippen LogP contribution is 2.14. The molecule has 0 amide bonds. The summed E-state index contributed by atoms with van der Waals surface area (Å²) < 4.78 is 0. The minimum atomic E-state index is 0.900. The summed E-state index contributed by atoms with van der Waals surface area (Å²) in [5.41, 5.74) is 3.64. The van der Waals surface area contributed by atoms with Crippen LogP contribution < -0.4 is 0 Å². The topological polar surface area (TPSA) is 0 Å². The van der Waals surface area contributed by atoms with Gasteiger partial charge in [-0.25, -0.2) is 0 Å². The Kier molecular flexibility index (Phi) is 3.51. The Labute approximate surface area is 80.7 Å². The Morgan fingerprint density at radius 1 is 1.54 bits per heavy atom. The molecule has 0 heterocycles. The molecule has 13 heavy (non-hydrogen) atoms. The molecule has 0 aromatic carbocycles. The molecule has 0 aliphatic heterocycles. The molecule has 0 nitrogen and oxygen atoms in total. The summed E-state index contributed by atoms with van der Waals surface area (Å²) >= 11 is 0. The minimum absolute atomic E-state index is 0.900. The fourth-order valence-corrected chi connectivity index (χ4v) is 1.26. The van der Waals surface area contributed by atoms with Gasteiger partial charge in [0.25, 0.3) is 0 Å². The van der Waals surface area contributed by atoms with Crippen LogP contribution in [-0.4, -0.2) is 0 Å². The van der Waals surface area contributed by atoms with E-state index in [4.69, 9.17) is 0 Å². The van der Waals surface area contributed by atoms with E-state index < -0.39 is 0 Å². The zero-order chi connectivity index (χ0) is 9.68. The summed E-state index contributed by atoms with van der Waals surface area (Å²) in [6.45, 7) is 9.84. The summed E-state index contributed by atoms with van der Waals surface area (Å²) in [7, 11) is 0. The maximum absolute atomic E-state index is 3.96. The number of rotatable bonds is 4. The molecule has 0 fully saturated rings. The molecule has 0 heteroatoms. The average molecular weight is 172 g/mol. The third-order valence-electron chi connectivity index (χ3n) is 1.86. The van der Waals surface area contributed by atoms with Crippen molar-refractivity contribution in [2.45, 2.75) is 19.8 Å². The van der Waals surface area contributed by atoms with E-state index in [2.05, 4.69) is 43.5 Å². The first-order valence-corrected chi connectivity index (χ1v) is 4.54. The molecule has 68 valence electrons. The highest BCUT2D eigenvalue weighted by molar-refractivity contribution is 5.35. The first kappa shape index (κ1) is 9.79. The van der Waals surface area contributed by atoms with E-state index in [-0.39, 0.29) is 0 Å². The van der Waals surface area contributed by atoms with Gasteiger partial charge in [0.1, 0.15) is 0 Å². The summed E-state index contributed by atoms with van der Waals surface area (Å²) in [5.74, 6) is 0. The molecular formula is C13H16. The van der Waals surface area contributed by atoms with Gasteiger partial charge in [-0.2, -0.15) is 0 Å². The maximum atomic E-state index is 3.96. The van der Waals surface area contributed by atoms with E-state index in [9.17, 15) is 0 Å². The summed E-state index contributed by atoms with van der Waals surface area (Å²) in [6.07, 6.45) is 12.5. The number of hydrogen-bond donors (Lipinski definition) is 0. The predicted molar refractivity (Wildman–Crippen MR) is 59.6 cm³/mol. The van der Waals surface area contributed by atoms with Gasteiger partial charge < -0.3 is 0 Å². The molecule has 0 saturated heterocycles. The van der Waals surface area contributed by atoms with E-state index in [1.165, 1.54) is 5.57 Å². The predicted octanol–water partition coefficient (Wildman–Crippen LogP) is 3.95. The molecule has 0 aromatic rings. The van der Waals surface area contributed by atoms with Crippen LogP contribution in [0.2, 0.25) is 0 Å². The quantitative estimate of drug-likeness (QED) is 0.445. The fourth-order valence-electron chi connectivity index (χ4n) is 1.26.